The average molecular weight is 239 g/mol. The van der Waals surface area contributed by atoms with Crippen LogP contribution in [0.5, 0.6) is 0 Å². The van der Waals surface area contributed by atoms with Gasteiger partial charge in [-0.1, -0.05) is 25.7 Å². The summed E-state index contributed by atoms with van der Waals surface area (Å²) < 4.78 is 5.40. The van der Waals surface area contributed by atoms with Crippen molar-refractivity contribution >= 4 is 5.97 Å². The van der Waals surface area contributed by atoms with Crippen molar-refractivity contribution in [2.45, 2.75) is 51.4 Å². The van der Waals surface area contributed by atoms with E-state index in [1.807, 2.05) is 0 Å². The van der Waals surface area contributed by atoms with Gasteiger partial charge in [0.1, 0.15) is 6.61 Å². The maximum atomic E-state index is 11.8. The van der Waals surface area contributed by atoms with E-state index in [0.717, 1.165) is 19.4 Å². The average Bonchev–Trinajstić information content (AvgIpc) is 2.41. The highest BCUT2D eigenvalue weighted by Crippen LogP contribution is 2.24. The number of carbonyl (C=O) groups excluding carboxylic acids is 1. The highest BCUT2D eigenvalue weighted by Gasteiger charge is 2.22. The van der Waals surface area contributed by atoms with Crippen molar-refractivity contribution in [3.05, 3.63) is 0 Å². The largest absolute Gasteiger partial charge is 0.464 e. The van der Waals surface area contributed by atoms with Crippen LogP contribution in [0.15, 0.2) is 0 Å². The van der Waals surface area contributed by atoms with Gasteiger partial charge < -0.3 is 4.74 Å². The molecule has 2 fully saturated rings. The second kappa shape index (κ2) is 7.00. The third-order valence-corrected chi connectivity index (χ3v) is 4.04. The molecule has 0 aromatic rings. The summed E-state index contributed by atoms with van der Waals surface area (Å²) in [5.74, 6) is 0.256. The molecule has 0 aromatic carbocycles. The predicted octanol–water partition coefficient (Wildman–Crippen LogP) is 2.60. The molecule has 17 heavy (non-hydrogen) atoms. The zero-order valence-corrected chi connectivity index (χ0v) is 10.8. The molecule has 0 unspecified atom stereocenters. The fourth-order valence-electron chi connectivity index (χ4n) is 2.91. The highest BCUT2D eigenvalue weighted by atomic mass is 16.5. The van der Waals surface area contributed by atoms with Crippen LogP contribution < -0.4 is 0 Å². The molecule has 0 amide bonds. The van der Waals surface area contributed by atoms with Crippen LogP contribution in [0, 0.1) is 5.92 Å². The Kier molecular flexibility index (Phi) is 5.30. The summed E-state index contributed by atoms with van der Waals surface area (Å²) in [4.78, 5) is 14.2. The highest BCUT2D eigenvalue weighted by molar-refractivity contribution is 5.72. The lowest BCUT2D eigenvalue weighted by atomic mass is 9.89. The monoisotopic (exact) mass is 239 g/mol. The van der Waals surface area contributed by atoms with Crippen LogP contribution >= 0.6 is 0 Å². The molecule has 0 bridgehead atoms. The Balaban J connectivity index is 1.58. The summed E-state index contributed by atoms with van der Waals surface area (Å²) in [5, 5.41) is 0. The zero-order valence-electron chi connectivity index (χ0n) is 10.8. The minimum absolute atomic E-state index is 0.0571. The van der Waals surface area contributed by atoms with Crippen LogP contribution in [-0.4, -0.2) is 37.1 Å². The maximum Gasteiger partial charge on any atom is 0.308 e. The minimum Gasteiger partial charge on any atom is -0.464 e. The molecule has 2 rings (SSSR count). The molecule has 3 nitrogen and oxygen atoms in total. The van der Waals surface area contributed by atoms with Gasteiger partial charge in [-0.05, 0) is 38.8 Å². The molecule has 0 atom stereocenters. The van der Waals surface area contributed by atoms with Gasteiger partial charge in [0.2, 0.25) is 0 Å². The molecule has 98 valence electrons. The van der Waals surface area contributed by atoms with E-state index in [1.54, 1.807) is 0 Å². The molecule has 0 aromatic heterocycles. The van der Waals surface area contributed by atoms with E-state index in [9.17, 15) is 4.79 Å². The fourth-order valence-corrected chi connectivity index (χ4v) is 2.91. The number of piperidine rings is 1. The van der Waals surface area contributed by atoms with Crippen LogP contribution in [0.2, 0.25) is 0 Å². The van der Waals surface area contributed by atoms with Crippen LogP contribution in [0.25, 0.3) is 0 Å². The predicted molar refractivity (Wildman–Crippen MR) is 67.8 cm³/mol. The van der Waals surface area contributed by atoms with E-state index in [4.69, 9.17) is 4.74 Å². The van der Waals surface area contributed by atoms with Gasteiger partial charge in [-0.25, -0.2) is 0 Å². The van der Waals surface area contributed by atoms with Gasteiger partial charge in [-0.15, -0.1) is 0 Å². The molecule has 0 spiro atoms. The van der Waals surface area contributed by atoms with Gasteiger partial charge in [0, 0.05) is 6.54 Å². The number of esters is 1. The van der Waals surface area contributed by atoms with E-state index in [1.165, 1.54) is 51.6 Å². The maximum absolute atomic E-state index is 11.8. The second-order valence-electron chi connectivity index (χ2n) is 5.40. The first-order valence-corrected chi connectivity index (χ1v) is 7.25. The summed E-state index contributed by atoms with van der Waals surface area (Å²) in [6.45, 7) is 3.88. The van der Waals surface area contributed by atoms with E-state index in [2.05, 4.69) is 4.90 Å². The lowest BCUT2D eigenvalue weighted by molar-refractivity contribution is -0.150. The van der Waals surface area contributed by atoms with Crippen molar-refractivity contribution < 1.29 is 9.53 Å². The van der Waals surface area contributed by atoms with Crippen molar-refractivity contribution in [1.82, 2.24) is 4.90 Å². The van der Waals surface area contributed by atoms with Gasteiger partial charge in [-0.2, -0.15) is 0 Å². The number of rotatable bonds is 4. The number of hydrogen-bond acceptors (Lipinski definition) is 3. The molecule has 2 aliphatic rings. The summed E-state index contributed by atoms with van der Waals surface area (Å²) in [5.41, 5.74) is 0. The smallest absolute Gasteiger partial charge is 0.308 e. The Morgan fingerprint density at radius 2 is 1.65 bits per heavy atom. The van der Waals surface area contributed by atoms with E-state index >= 15 is 0 Å². The standard InChI is InChI=1S/C14H25NO2/c16-14(13-7-3-1-4-8-13)17-12-11-15-9-5-2-6-10-15/h13H,1-12H2. The Morgan fingerprint density at radius 3 is 2.35 bits per heavy atom. The summed E-state index contributed by atoms with van der Waals surface area (Å²) in [6.07, 6.45) is 9.74. The number of carbonyl (C=O) groups is 1. The van der Waals surface area contributed by atoms with E-state index in [0.29, 0.717) is 6.61 Å². The van der Waals surface area contributed by atoms with Gasteiger partial charge in [0.25, 0.3) is 0 Å². The summed E-state index contributed by atoms with van der Waals surface area (Å²) in [6, 6.07) is 0. The quantitative estimate of drug-likeness (QED) is 0.706. The Bertz CT molecular complexity index is 230. The number of nitrogens with zero attached hydrogens (tertiary/aromatic N) is 1. The second-order valence-corrected chi connectivity index (χ2v) is 5.40. The molecule has 3 heteroatoms. The lowest BCUT2D eigenvalue weighted by Crippen LogP contribution is -2.33. The number of likely N-dealkylation sites (tertiary alicyclic amines) is 1. The molecule has 1 saturated carbocycles. The van der Waals surface area contributed by atoms with Crippen molar-refractivity contribution in [2.24, 2.45) is 5.92 Å². The molecule has 1 saturated heterocycles. The number of ether oxygens (including phenoxy) is 1. The van der Waals surface area contributed by atoms with Crippen molar-refractivity contribution in [3.63, 3.8) is 0 Å². The lowest BCUT2D eigenvalue weighted by Gasteiger charge is -2.26. The molecule has 1 heterocycles. The van der Waals surface area contributed by atoms with Gasteiger partial charge in [0.15, 0.2) is 0 Å². The topological polar surface area (TPSA) is 29.5 Å². The Hall–Kier alpha value is -0.570. The number of hydrogen-bond donors (Lipinski definition) is 0. The van der Waals surface area contributed by atoms with Crippen LogP contribution in [-0.2, 0) is 9.53 Å². The molecule has 0 radical (unpaired) electrons. The Morgan fingerprint density at radius 1 is 1.00 bits per heavy atom. The summed E-state index contributed by atoms with van der Waals surface area (Å²) >= 11 is 0. The van der Waals surface area contributed by atoms with Crippen molar-refractivity contribution in [3.8, 4) is 0 Å². The van der Waals surface area contributed by atoms with Crippen LogP contribution in [0.4, 0.5) is 0 Å². The third kappa shape index (κ3) is 4.30. The van der Waals surface area contributed by atoms with Crippen molar-refractivity contribution in [2.75, 3.05) is 26.2 Å². The van der Waals surface area contributed by atoms with Gasteiger partial charge in [0.05, 0.1) is 5.92 Å². The molecular weight excluding hydrogens is 214 g/mol. The Labute approximate surface area is 105 Å². The van der Waals surface area contributed by atoms with Crippen molar-refractivity contribution in [1.29, 1.82) is 0 Å². The van der Waals surface area contributed by atoms with E-state index in [-0.39, 0.29) is 11.9 Å². The fraction of sp³-hybridized carbons (Fsp3) is 0.929. The molecule has 1 aliphatic heterocycles. The first kappa shape index (κ1) is 12.9. The SMILES string of the molecule is O=C(OCCN1CCCCC1)C1CCCCC1. The first-order chi connectivity index (χ1) is 8.36. The van der Waals surface area contributed by atoms with Crippen LogP contribution in [0.3, 0.4) is 0 Å². The minimum atomic E-state index is 0.0571. The van der Waals surface area contributed by atoms with Gasteiger partial charge >= 0.3 is 5.97 Å². The summed E-state index contributed by atoms with van der Waals surface area (Å²) in [7, 11) is 0. The third-order valence-electron chi connectivity index (χ3n) is 4.04. The van der Waals surface area contributed by atoms with Crippen LogP contribution in [0.1, 0.15) is 51.4 Å². The zero-order chi connectivity index (χ0) is 11.9. The molecule has 0 N–H and O–H groups in total. The first-order valence-electron chi connectivity index (χ1n) is 7.25. The van der Waals surface area contributed by atoms with Gasteiger partial charge in [-0.3, -0.25) is 9.69 Å². The molecule has 1 aliphatic carbocycles. The molecular formula is C14H25NO2. The van der Waals surface area contributed by atoms with E-state index < -0.39 is 0 Å². The normalized spacial score (nSPS) is 23.5.